The van der Waals surface area contributed by atoms with E-state index in [0.29, 0.717) is 28.4 Å². The van der Waals surface area contributed by atoms with Gasteiger partial charge in [-0.1, -0.05) is 29.8 Å². The molecule has 1 amide bonds. The standard InChI is InChI=1S/C26H20ClNO5/c27-18-4-1-5-19(14-18)28-23(15-6-9-20(29)10-7-15)22(25(31)26(28)32)24(30)17-8-11-21-16(13-17)3-2-12-33-21/h1,4-11,13-14,23,29-30H,2-3,12H2/b24-22-. The van der Waals surface area contributed by atoms with E-state index in [9.17, 15) is 19.8 Å². The van der Waals surface area contributed by atoms with Crippen LogP contribution in [0.1, 0.15) is 29.2 Å². The Morgan fingerprint density at radius 1 is 1.03 bits per heavy atom. The second kappa shape index (κ2) is 8.30. The molecule has 3 aromatic rings. The number of phenols is 1. The highest BCUT2D eigenvalue weighted by molar-refractivity contribution is 6.51. The smallest absolute Gasteiger partial charge is 0.300 e. The molecule has 3 aromatic carbocycles. The lowest BCUT2D eigenvalue weighted by Crippen LogP contribution is -2.29. The van der Waals surface area contributed by atoms with Gasteiger partial charge in [-0.05, 0) is 72.5 Å². The Labute approximate surface area is 195 Å². The third-order valence-electron chi connectivity index (χ3n) is 5.92. The van der Waals surface area contributed by atoms with Crippen LogP contribution >= 0.6 is 11.6 Å². The van der Waals surface area contributed by atoms with Gasteiger partial charge < -0.3 is 14.9 Å². The lowest BCUT2D eigenvalue weighted by Gasteiger charge is -2.25. The summed E-state index contributed by atoms with van der Waals surface area (Å²) in [5, 5.41) is 21.4. The highest BCUT2D eigenvalue weighted by atomic mass is 35.5. The number of fused-ring (bicyclic) bond motifs is 1. The van der Waals surface area contributed by atoms with Crippen molar-refractivity contribution < 1.29 is 24.5 Å². The average molecular weight is 462 g/mol. The number of aryl methyl sites for hydroxylation is 1. The molecular formula is C26H20ClNO5. The van der Waals surface area contributed by atoms with Crippen LogP contribution in [0, 0.1) is 0 Å². The summed E-state index contributed by atoms with van der Waals surface area (Å²) in [5.41, 5.74) is 2.35. The molecule has 0 saturated carbocycles. The first-order valence-electron chi connectivity index (χ1n) is 10.6. The summed E-state index contributed by atoms with van der Waals surface area (Å²) in [4.78, 5) is 27.7. The number of nitrogens with zero attached hydrogens (tertiary/aromatic N) is 1. The molecule has 0 spiro atoms. The molecule has 0 bridgehead atoms. The van der Waals surface area contributed by atoms with E-state index in [1.165, 1.54) is 17.0 Å². The molecule has 33 heavy (non-hydrogen) atoms. The van der Waals surface area contributed by atoms with Crippen molar-refractivity contribution in [2.75, 3.05) is 11.5 Å². The first kappa shape index (κ1) is 21.1. The SMILES string of the molecule is O=C1C(=O)N(c2cccc(Cl)c2)C(c2ccc(O)cc2)/C1=C(/O)c1ccc2c(c1)CCCO2. The van der Waals surface area contributed by atoms with E-state index in [0.717, 1.165) is 24.2 Å². The van der Waals surface area contributed by atoms with Crippen LogP contribution in [-0.4, -0.2) is 28.5 Å². The number of aliphatic hydroxyl groups is 1. The number of phenolic OH excluding ortho intramolecular Hbond substituents is 1. The number of hydrogen-bond acceptors (Lipinski definition) is 5. The molecule has 2 N–H and O–H groups in total. The van der Waals surface area contributed by atoms with Gasteiger partial charge in [0.25, 0.3) is 11.7 Å². The minimum Gasteiger partial charge on any atom is -0.508 e. The van der Waals surface area contributed by atoms with Crippen molar-refractivity contribution in [2.24, 2.45) is 0 Å². The lowest BCUT2D eigenvalue weighted by atomic mass is 9.94. The molecule has 0 radical (unpaired) electrons. The number of aliphatic hydroxyl groups excluding tert-OH is 1. The minimum absolute atomic E-state index is 0.0256. The number of benzene rings is 3. The van der Waals surface area contributed by atoms with Crippen LogP contribution in [0.3, 0.4) is 0 Å². The number of hydrogen-bond donors (Lipinski definition) is 2. The van der Waals surface area contributed by atoms with Crippen LogP contribution in [0.4, 0.5) is 5.69 Å². The predicted octanol–water partition coefficient (Wildman–Crippen LogP) is 5.00. The molecule has 1 saturated heterocycles. The van der Waals surface area contributed by atoms with E-state index in [4.69, 9.17) is 16.3 Å². The molecule has 0 aromatic heterocycles. The van der Waals surface area contributed by atoms with Crippen molar-refractivity contribution in [1.82, 2.24) is 0 Å². The Morgan fingerprint density at radius 3 is 2.58 bits per heavy atom. The van der Waals surface area contributed by atoms with Gasteiger partial charge in [0.2, 0.25) is 0 Å². The van der Waals surface area contributed by atoms with Crippen molar-refractivity contribution in [3.8, 4) is 11.5 Å². The summed E-state index contributed by atoms with van der Waals surface area (Å²) in [6.45, 7) is 0.643. The summed E-state index contributed by atoms with van der Waals surface area (Å²) < 4.78 is 5.65. The molecule has 7 heteroatoms. The second-order valence-corrected chi connectivity index (χ2v) is 8.45. The Bertz CT molecular complexity index is 1300. The highest BCUT2D eigenvalue weighted by Gasteiger charge is 2.47. The zero-order valence-corrected chi connectivity index (χ0v) is 18.2. The Kier molecular flexibility index (Phi) is 5.30. The summed E-state index contributed by atoms with van der Waals surface area (Å²) in [6.07, 6.45) is 1.67. The van der Waals surface area contributed by atoms with Crippen molar-refractivity contribution >= 4 is 34.7 Å². The molecule has 2 aliphatic rings. The maximum Gasteiger partial charge on any atom is 0.300 e. The first-order chi connectivity index (χ1) is 15.9. The van der Waals surface area contributed by atoms with E-state index >= 15 is 0 Å². The number of carbonyl (C=O) groups is 2. The van der Waals surface area contributed by atoms with E-state index in [1.807, 2.05) is 0 Å². The largest absolute Gasteiger partial charge is 0.508 e. The van der Waals surface area contributed by atoms with E-state index in [-0.39, 0.29) is 17.1 Å². The summed E-state index contributed by atoms with van der Waals surface area (Å²) in [6, 6.07) is 17.2. The molecule has 1 fully saturated rings. The highest BCUT2D eigenvalue weighted by Crippen LogP contribution is 2.43. The van der Waals surface area contributed by atoms with Crippen molar-refractivity contribution in [3.63, 3.8) is 0 Å². The van der Waals surface area contributed by atoms with E-state index in [1.54, 1.807) is 54.6 Å². The van der Waals surface area contributed by atoms with Crippen molar-refractivity contribution in [2.45, 2.75) is 18.9 Å². The van der Waals surface area contributed by atoms with Gasteiger partial charge in [0.15, 0.2) is 0 Å². The normalized spacial score (nSPS) is 19.3. The van der Waals surface area contributed by atoms with Gasteiger partial charge in [-0.25, -0.2) is 0 Å². The fraction of sp³-hybridized carbons (Fsp3) is 0.154. The maximum atomic E-state index is 13.2. The van der Waals surface area contributed by atoms with Crippen LogP contribution < -0.4 is 9.64 Å². The third kappa shape index (κ3) is 3.72. The Hall–Kier alpha value is -3.77. The maximum absolute atomic E-state index is 13.2. The van der Waals surface area contributed by atoms with Crippen LogP contribution in [0.5, 0.6) is 11.5 Å². The summed E-state index contributed by atoms with van der Waals surface area (Å²) in [7, 11) is 0. The number of aromatic hydroxyl groups is 1. The van der Waals surface area contributed by atoms with Crippen LogP contribution in [-0.2, 0) is 16.0 Å². The van der Waals surface area contributed by atoms with E-state index < -0.39 is 17.7 Å². The number of rotatable bonds is 3. The van der Waals surface area contributed by atoms with Gasteiger partial charge in [-0.3, -0.25) is 14.5 Å². The van der Waals surface area contributed by atoms with Crippen LogP contribution in [0.15, 0.2) is 72.3 Å². The number of amides is 1. The Balaban J connectivity index is 1.69. The zero-order valence-electron chi connectivity index (χ0n) is 17.5. The molecule has 2 heterocycles. The monoisotopic (exact) mass is 461 g/mol. The predicted molar refractivity (Wildman–Crippen MR) is 125 cm³/mol. The fourth-order valence-corrected chi connectivity index (χ4v) is 4.54. The van der Waals surface area contributed by atoms with Crippen LogP contribution in [0.2, 0.25) is 5.02 Å². The van der Waals surface area contributed by atoms with E-state index in [2.05, 4.69) is 0 Å². The molecule has 6 nitrogen and oxygen atoms in total. The first-order valence-corrected chi connectivity index (χ1v) is 10.9. The number of halogens is 1. The summed E-state index contributed by atoms with van der Waals surface area (Å²) in [5.74, 6) is -1.01. The third-order valence-corrected chi connectivity index (χ3v) is 6.16. The van der Waals surface area contributed by atoms with Crippen LogP contribution in [0.25, 0.3) is 5.76 Å². The minimum atomic E-state index is -0.892. The van der Waals surface area contributed by atoms with Gasteiger partial charge in [0.05, 0.1) is 18.2 Å². The molecule has 2 aliphatic heterocycles. The molecule has 0 aliphatic carbocycles. The van der Waals surface area contributed by atoms with Crippen molar-refractivity contribution in [3.05, 3.63) is 94.0 Å². The molecule has 166 valence electrons. The molecule has 1 unspecified atom stereocenters. The number of anilines is 1. The second-order valence-electron chi connectivity index (χ2n) is 8.02. The number of ether oxygens (including phenoxy) is 1. The summed E-state index contributed by atoms with van der Waals surface area (Å²) >= 11 is 6.15. The van der Waals surface area contributed by atoms with Gasteiger partial charge in [-0.2, -0.15) is 0 Å². The lowest BCUT2D eigenvalue weighted by molar-refractivity contribution is -0.132. The molecular weight excluding hydrogens is 442 g/mol. The molecule has 1 atom stereocenters. The average Bonchev–Trinajstić information content (AvgIpc) is 3.09. The van der Waals surface area contributed by atoms with Gasteiger partial charge >= 0.3 is 0 Å². The Morgan fingerprint density at radius 2 is 1.82 bits per heavy atom. The molecule has 5 rings (SSSR count). The topological polar surface area (TPSA) is 87.1 Å². The van der Waals surface area contributed by atoms with Gasteiger partial charge in [0.1, 0.15) is 17.3 Å². The fourth-order valence-electron chi connectivity index (χ4n) is 4.36. The quantitative estimate of drug-likeness (QED) is 0.326. The van der Waals surface area contributed by atoms with Gasteiger partial charge in [0, 0.05) is 16.3 Å². The number of ketones is 1. The van der Waals surface area contributed by atoms with Crippen molar-refractivity contribution in [1.29, 1.82) is 0 Å². The van der Waals surface area contributed by atoms with Gasteiger partial charge in [-0.15, -0.1) is 0 Å². The number of Topliss-reactive ketones (excluding diaryl/α,β-unsaturated/α-hetero) is 1. The number of carbonyl (C=O) groups excluding carboxylic acids is 2. The zero-order chi connectivity index (χ0) is 23.1.